The molecule has 1 aromatic heterocycles. The van der Waals surface area contributed by atoms with E-state index in [2.05, 4.69) is 10.3 Å². The maximum atomic E-state index is 12.4. The van der Waals surface area contributed by atoms with E-state index < -0.39 is 16.1 Å². The lowest BCUT2D eigenvalue weighted by atomic mass is 10.1. The van der Waals surface area contributed by atoms with Crippen LogP contribution in [0.25, 0.3) is 0 Å². The van der Waals surface area contributed by atoms with Gasteiger partial charge in [-0.1, -0.05) is 29.8 Å². The summed E-state index contributed by atoms with van der Waals surface area (Å²) in [6.45, 7) is 1.34. The molecule has 3 rings (SSSR count). The van der Waals surface area contributed by atoms with E-state index in [0.29, 0.717) is 29.5 Å². The lowest BCUT2D eigenvalue weighted by Crippen LogP contribution is -2.28. The van der Waals surface area contributed by atoms with Crippen molar-refractivity contribution in [3.05, 3.63) is 53.2 Å². The summed E-state index contributed by atoms with van der Waals surface area (Å²) in [5.41, 5.74) is 0.630. The van der Waals surface area contributed by atoms with Gasteiger partial charge in [0.1, 0.15) is 10.7 Å². The van der Waals surface area contributed by atoms with Crippen molar-refractivity contribution >= 4 is 27.4 Å². The van der Waals surface area contributed by atoms with Crippen LogP contribution in [0.2, 0.25) is 5.02 Å². The van der Waals surface area contributed by atoms with Gasteiger partial charge in [0.2, 0.25) is 10.0 Å². The molecule has 1 aliphatic heterocycles. The Kier molecular flexibility index (Phi) is 5.58. The van der Waals surface area contributed by atoms with Gasteiger partial charge in [0.25, 0.3) is 0 Å². The molecule has 1 atom stereocenters. The molecule has 1 aliphatic rings. The Bertz CT molecular complexity index is 821. The third-order valence-corrected chi connectivity index (χ3v) is 6.41. The summed E-state index contributed by atoms with van der Waals surface area (Å²) in [6, 6.07) is 10.2. The molecular weight excluding hydrogens is 362 g/mol. The van der Waals surface area contributed by atoms with Crippen LogP contribution in [-0.2, 0) is 10.0 Å². The molecule has 1 saturated heterocycles. The number of hydrogen-bond donors (Lipinski definition) is 2. The SMILES string of the molecule is O=S(=O)(c1ccc(NCC(O)c2ccccc2Cl)nc1)N1CCCC1. The van der Waals surface area contributed by atoms with Gasteiger partial charge in [-0.3, -0.25) is 0 Å². The predicted molar refractivity (Wildman–Crippen MR) is 97.1 cm³/mol. The number of benzene rings is 1. The average molecular weight is 382 g/mol. The van der Waals surface area contributed by atoms with Crippen molar-refractivity contribution in [3.8, 4) is 0 Å². The number of sulfonamides is 1. The van der Waals surface area contributed by atoms with Crippen LogP contribution >= 0.6 is 11.6 Å². The normalized spacial score (nSPS) is 16.7. The molecule has 1 unspecified atom stereocenters. The van der Waals surface area contributed by atoms with Crippen molar-refractivity contribution in [3.63, 3.8) is 0 Å². The number of rotatable bonds is 6. The van der Waals surface area contributed by atoms with Crippen molar-refractivity contribution in [1.29, 1.82) is 0 Å². The largest absolute Gasteiger partial charge is 0.387 e. The maximum absolute atomic E-state index is 12.4. The van der Waals surface area contributed by atoms with E-state index in [1.807, 2.05) is 0 Å². The molecule has 2 aromatic rings. The molecule has 2 heterocycles. The number of aliphatic hydroxyl groups excluding tert-OH is 1. The van der Waals surface area contributed by atoms with Gasteiger partial charge in [0, 0.05) is 36.4 Å². The molecule has 2 N–H and O–H groups in total. The van der Waals surface area contributed by atoms with Gasteiger partial charge < -0.3 is 10.4 Å². The second-order valence-corrected chi connectivity index (χ2v) is 8.25. The molecule has 8 heteroatoms. The minimum Gasteiger partial charge on any atom is -0.387 e. The Hall–Kier alpha value is -1.67. The summed E-state index contributed by atoms with van der Waals surface area (Å²) >= 11 is 6.06. The average Bonchev–Trinajstić information content (AvgIpc) is 3.16. The first kappa shape index (κ1) is 18.1. The van der Waals surface area contributed by atoms with Crippen molar-refractivity contribution < 1.29 is 13.5 Å². The number of nitrogens with one attached hydrogen (secondary N) is 1. The molecule has 1 fully saturated rings. The van der Waals surface area contributed by atoms with Crippen LogP contribution in [0.4, 0.5) is 5.82 Å². The highest BCUT2D eigenvalue weighted by Gasteiger charge is 2.27. The van der Waals surface area contributed by atoms with E-state index >= 15 is 0 Å². The maximum Gasteiger partial charge on any atom is 0.244 e. The summed E-state index contributed by atoms with van der Waals surface area (Å²) in [7, 11) is -3.46. The van der Waals surface area contributed by atoms with Crippen molar-refractivity contribution in [2.24, 2.45) is 0 Å². The van der Waals surface area contributed by atoms with Crippen LogP contribution in [0.1, 0.15) is 24.5 Å². The Labute approximate surface area is 152 Å². The first-order valence-corrected chi connectivity index (χ1v) is 9.93. The molecule has 134 valence electrons. The van der Waals surface area contributed by atoms with E-state index in [1.165, 1.54) is 16.6 Å². The zero-order valence-corrected chi connectivity index (χ0v) is 15.2. The lowest BCUT2D eigenvalue weighted by Gasteiger charge is -2.16. The molecule has 6 nitrogen and oxygen atoms in total. The molecule has 1 aromatic carbocycles. The first-order chi connectivity index (χ1) is 12.0. The number of halogens is 1. The van der Waals surface area contributed by atoms with E-state index in [-0.39, 0.29) is 11.4 Å². The van der Waals surface area contributed by atoms with Gasteiger partial charge in [0.05, 0.1) is 6.10 Å². The summed E-state index contributed by atoms with van der Waals surface area (Å²) in [6.07, 6.45) is 2.35. The van der Waals surface area contributed by atoms with Gasteiger partial charge in [0.15, 0.2) is 0 Å². The summed E-state index contributed by atoms with van der Waals surface area (Å²) < 4.78 is 26.4. The van der Waals surface area contributed by atoms with Crippen LogP contribution < -0.4 is 5.32 Å². The Morgan fingerprint density at radius 2 is 1.92 bits per heavy atom. The number of hydrogen-bond acceptors (Lipinski definition) is 5. The molecule has 0 spiro atoms. The standard InChI is InChI=1S/C17H20ClN3O3S/c18-15-6-2-1-5-14(15)16(22)12-20-17-8-7-13(11-19-17)25(23,24)21-9-3-4-10-21/h1-2,5-8,11,16,22H,3-4,9-10,12H2,(H,19,20). The van der Waals surface area contributed by atoms with Gasteiger partial charge >= 0.3 is 0 Å². The van der Waals surface area contributed by atoms with Gasteiger partial charge in [-0.25, -0.2) is 13.4 Å². The number of aromatic nitrogens is 1. The summed E-state index contributed by atoms with van der Waals surface area (Å²) in [5.74, 6) is 0.492. The second kappa shape index (κ2) is 7.70. The van der Waals surface area contributed by atoms with Crippen LogP contribution in [0.15, 0.2) is 47.5 Å². The van der Waals surface area contributed by atoms with Crippen LogP contribution in [0.3, 0.4) is 0 Å². The third-order valence-electron chi connectivity index (χ3n) is 4.18. The van der Waals surface area contributed by atoms with Crippen LogP contribution in [-0.4, -0.2) is 42.4 Å². The van der Waals surface area contributed by atoms with Crippen LogP contribution in [0.5, 0.6) is 0 Å². The van der Waals surface area contributed by atoms with E-state index in [4.69, 9.17) is 11.6 Å². The predicted octanol–water partition coefficient (Wildman–Crippen LogP) is 2.67. The highest BCUT2D eigenvalue weighted by atomic mass is 35.5. The highest BCUT2D eigenvalue weighted by molar-refractivity contribution is 7.89. The molecule has 0 radical (unpaired) electrons. The fourth-order valence-electron chi connectivity index (χ4n) is 2.77. The van der Waals surface area contributed by atoms with Crippen LogP contribution in [0, 0.1) is 0 Å². The van der Waals surface area contributed by atoms with Crippen molar-refractivity contribution in [2.75, 3.05) is 25.0 Å². The van der Waals surface area contributed by atoms with Gasteiger partial charge in [-0.15, -0.1) is 0 Å². The first-order valence-electron chi connectivity index (χ1n) is 8.11. The fourth-order valence-corrected chi connectivity index (χ4v) is 4.50. The fraction of sp³-hybridized carbons (Fsp3) is 0.353. The Morgan fingerprint density at radius 1 is 1.20 bits per heavy atom. The smallest absolute Gasteiger partial charge is 0.244 e. The molecule has 0 amide bonds. The topological polar surface area (TPSA) is 82.5 Å². The molecule has 25 heavy (non-hydrogen) atoms. The zero-order chi connectivity index (χ0) is 17.9. The summed E-state index contributed by atoms with van der Waals surface area (Å²) in [5, 5.41) is 13.7. The second-order valence-electron chi connectivity index (χ2n) is 5.91. The summed E-state index contributed by atoms with van der Waals surface area (Å²) in [4.78, 5) is 4.33. The zero-order valence-electron chi connectivity index (χ0n) is 13.6. The minimum absolute atomic E-state index is 0.187. The van der Waals surface area contributed by atoms with Crippen molar-refractivity contribution in [2.45, 2.75) is 23.8 Å². The number of anilines is 1. The quantitative estimate of drug-likeness (QED) is 0.803. The van der Waals surface area contributed by atoms with E-state index in [9.17, 15) is 13.5 Å². The third kappa shape index (κ3) is 4.12. The number of nitrogens with zero attached hydrogens (tertiary/aromatic N) is 2. The molecule has 0 bridgehead atoms. The molecular formula is C17H20ClN3O3S. The van der Waals surface area contributed by atoms with E-state index in [0.717, 1.165) is 12.8 Å². The lowest BCUT2D eigenvalue weighted by molar-refractivity contribution is 0.191. The molecule has 0 saturated carbocycles. The van der Waals surface area contributed by atoms with E-state index in [1.54, 1.807) is 30.3 Å². The minimum atomic E-state index is -3.46. The monoisotopic (exact) mass is 381 g/mol. The number of aliphatic hydroxyl groups is 1. The van der Waals surface area contributed by atoms with Crippen molar-refractivity contribution in [1.82, 2.24) is 9.29 Å². The van der Waals surface area contributed by atoms with Gasteiger partial charge in [-0.05, 0) is 31.0 Å². The number of pyridine rings is 1. The molecule has 0 aliphatic carbocycles. The van der Waals surface area contributed by atoms with Gasteiger partial charge in [-0.2, -0.15) is 4.31 Å². The Balaban J connectivity index is 1.64. The highest BCUT2D eigenvalue weighted by Crippen LogP contribution is 2.23. The Morgan fingerprint density at radius 3 is 2.56 bits per heavy atom.